The van der Waals surface area contributed by atoms with Crippen molar-refractivity contribution in [3.05, 3.63) is 64.7 Å². The minimum atomic E-state index is 0.271. The molecule has 2 aromatic rings. The Bertz CT molecular complexity index is 625. The Hall–Kier alpha value is -1.51. The molecule has 0 saturated heterocycles. The smallest absolute Gasteiger partial charge is 0.0474 e. The third-order valence-electron chi connectivity index (χ3n) is 4.30. The van der Waals surface area contributed by atoms with E-state index in [0.29, 0.717) is 6.04 Å². The molecule has 0 radical (unpaired) electrons. The summed E-state index contributed by atoms with van der Waals surface area (Å²) < 4.78 is 0. The first-order valence-corrected chi connectivity index (χ1v) is 9.24. The fraction of sp³-hybridized carbons (Fsp3) is 0.429. The minimum Gasteiger partial charge on any atom is -0.365 e. The maximum Gasteiger partial charge on any atom is 0.0474 e. The first-order valence-electron chi connectivity index (χ1n) is 8.86. The average molecular weight is 345 g/mol. The zero-order chi connectivity index (χ0) is 17.5. The van der Waals surface area contributed by atoms with Gasteiger partial charge in [0.25, 0.3) is 0 Å². The van der Waals surface area contributed by atoms with Crippen molar-refractivity contribution in [3.63, 3.8) is 0 Å². The minimum absolute atomic E-state index is 0.271. The predicted octanol–water partition coefficient (Wildman–Crippen LogP) is 5.82. The van der Waals surface area contributed by atoms with Crippen LogP contribution in [0.1, 0.15) is 51.3 Å². The van der Waals surface area contributed by atoms with Gasteiger partial charge in [0.05, 0.1) is 0 Å². The molecule has 130 valence electrons. The Morgan fingerprint density at radius 2 is 1.75 bits per heavy atom. The zero-order valence-electron chi connectivity index (χ0n) is 15.2. The molecule has 0 aliphatic carbocycles. The highest BCUT2D eigenvalue weighted by Gasteiger charge is 2.15. The van der Waals surface area contributed by atoms with Gasteiger partial charge in [-0.1, -0.05) is 54.9 Å². The van der Waals surface area contributed by atoms with Gasteiger partial charge in [-0.3, -0.25) is 0 Å². The van der Waals surface area contributed by atoms with Crippen LogP contribution in [0.4, 0.5) is 5.69 Å². The lowest BCUT2D eigenvalue weighted by Crippen LogP contribution is -2.30. The molecule has 0 saturated carbocycles. The second-order valence-corrected chi connectivity index (χ2v) is 7.00. The van der Waals surface area contributed by atoms with E-state index in [1.54, 1.807) is 0 Å². The molecule has 0 spiro atoms. The van der Waals surface area contributed by atoms with Gasteiger partial charge in [0, 0.05) is 29.3 Å². The summed E-state index contributed by atoms with van der Waals surface area (Å²) in [7, 11) is 0. The van der Waals surface area contributed by atoms with Crippen molar-refractivity contribution in [3.8, 4) is 0 Å². The number of hydrogen-bond acceptors (Lipinski definition) is 2. The Morgan fingerprint density at radius 1 is 1.04 bits per heavy atom. The largest absolute Gasteiger partial charge is 0.365 e. The Kier molecular flexibility index (Phi) is 7.14. The van der Waals surface area contributed by atoms with E-state index in [1.807, 2.05) is 0 Å². The van der Waals surface area contributed by atoms with Crippen molar-refractivity contribution in [2.75, 3.05) is 11.4 Å². The summed E-state index contributed by atoms with van der Waals surface area (Å²) >= 11 is 6.59. The predicted molar refractivity (Wildman–Crippen MR) is 106 cm³/mol. The van der Waals surface area contributed by atoms with Gasteiger partial charge in [-0.15, -0.1) is 0 Å². The van der Waals surface area contributed by atoms with Gasteiger partial charge in [0.15, 0.2) is 0 Å². The van der Waals surface area contributed by atoms with Crippen molar-refractivity contribution < 1.29 is 0 Å². The van der Waals surface area contributed by atoms with E-state index in [2.05, 4.69) is 86.4 Å². The summed E-state index contributed by atoms with van der Waals surface area (Å²) in [5.41, 5.74) is 3.65. The highest BCUT2D eigenvalue weighted by atomic mass is 35.5. The molecule has 24 heavy (non-hydrogen) atoms. The quantitative estimate of drug-likeness (QED) is 0.649. The molecular weight excluding hydrogens is 316 g/mol. The first kappa shape index (κ1) is 18.8. The Labute approximate surface area is 151 Å². The number of halogens is 1. The molecule has 0 aliphatic rings. The molecule has 0 aromatic heterocycles. The van der Waals surface area contributed by atoms with E-state index in [-0.39, 0.29) is 6.04 Å². The van der Waals surface area contributed by atoms with Crippen LogP contribution in [0.3, 0.4) is 0 Å². The van der Waals surface area contributed by atoms with Crippen molar-refractivity contribution >= 4 is 17.3 Å². The number of anilines is 1. The van der Waals surface area contributed by atoms with Gasteiger partial charge in [-0.2, -0.15) is 0 Å². The number of hydrogen-bond donors (Lipinski definition) is 1. The van der Waals surface area contributed by atoms with E-state index in [1.165, 1.54) is 11.3 Å². The molecule has 0 heterocycles. The number of nitrogens with one attached hydrogen (secondary N) is 1. The summed E-state index contributed by atoms with van der Waals surface area (Å²) in [6.07, 6.45) is 1.12. The normalized spacial score (nSPS) is 12.4. The van der Waals surface area contributed by atoms with E-state index < -0.39 is 0 Å². The van der Waals surface area contributed by atoms with Crippen LogP contribution in [0, 0.1) is 0 Å². The van der Waals surface area contributed by atoms with Gasteiger partial charge >= 0.3 is 0 Å². The summed E-state index contributed by atoms with van der Waals surface area (Å²) in [6, 6.07) is 17.7. The van der Waals surface area contributed by atoms with Gasteiger partial charge in [-0.05, 0) is 57.0 Å². The molecule has 2 aromatic carbocycles. The maximum absolute atomic E-state index is 6.59. The summed E-state index contributed by atoms with van der Waals surface area (Å²) in [6.45, 7) is 10.7. The SMILES string of the molecule is CCCNC(C)c1ccc(N(Cc2ccccc2)C(C)C)cc1Cl. The molecule has 0 bridgehead atoms. The van der Waals surface area contributed by atoms with E-state index in [0.717, 1.165) is 30.1 Å². The van der Waals surface area contributed by atoms with E-state index >= 15 is 0 Å². The van der Waals surface area contributed by atoms with Gasteiger partial charge in [0.1, 0.15) is 0 Å². The molecule has 1 unspecified atom stereocenters. The molecule has 0 fully saturated rings. The molecule has 1 atom stereocenters. The molecule has 1 N–H and O–H groups in total. The highest BCUT2D eigenvalue weighted by Crippen LogP contribution is 2.29. The number of rotatable bonds is 8. The van der Waals surface area contributed by atoms with Crippen LogP contribution in [0.2, 0.25) is 5.02 Å². The first-order chi connectivity index (χ1) is 11.5. The van der Waals surface area contributed by atoms with Crippen LogP contribution in [0.25, 0.3) is 0 Å². The third kappa shape index (κ3) is 4.99. The van der Waals surface area contributed by atoms with Crippen molar-refractivity contribution in [2.24, 2.45) is 0 Å². The molecule has 2 nitrogen and oxygen atoms in total. The van der Waals surface area contributed by atoms with Crippen LogP contribution in [0.5, 0.6) is 0 Å². The summed E-state index contributed by atoms with van der Waals surface area (Å²) in [4.78, 5) is 2.38. The van der Waals surface area contributed by atoms with Crippen LogP contribution >= 0.6 is 11.6 Å². The van der Waals surface area contributed by atoms with Gasteiger partial charge < -0.3 is 10.2 Å². The topological polar surface area (TPSA) is 15.3 Å². The van der Waals surface area contributed by atoms with Gasteiger partial charge in [0.2, 0.25) is 0 Å². The second kappa shape index (κ2) is 9.10. The lowest BCUT2D eigenvalue weighted by atomic mass is 10.1. The highest BCUT2D eigenvalue weighted by molar-refractivity contribution is 6.31. The fourth-order valence-corrected chi connectivity index (χ4v) is 3.21. The fourth-order valence-electron chi connectivity index (χ4n) is 2.87. The van der Waals surface area contributed by atoms with Crippen molar-refractivity contribution in [1.29, 1.82) is 0 Å². The second-order valence-electron chi connectivity index (χ2n) is 6.59. The Morgan fingerprint density at radius 3 is 2.33 bits per heavy atom. The third-order valence-corrected chi connectivity index (χ3v) is 4.63. The zero-order valence-corrected chi connectivity index (χ0v) is 16.0. The van der Waals surface area contributed by atoms with Crippen molar-refractivity contribution in [2.45, 2.75) is 52.7 Å². The van der Waals surface area contributed by atoms with Crippen LogP contribution < -0.4 is 10.2 Å². The lowest BCUT2D eigenvalue weighted by Gasteiger charge is -2.30. The van der Waals surface area contributed by atoms with E-state index in [9.17, 15) is 0 Å². The van der Waals surface area contributed by atoms with Crippen molar-refractivity contribution in [1.82, 2.24) is 5.32 Å². The van der Waals surface area contributed by atoms with Gasteiger partial charge in [-0.25, -0.2) is 0 Å². The molecule has 3 heteroatoms. The monoisotopic (exact) mass is 344 g/mol. The van der Waals surface area contributed by atoms with Crippen LogP contribution in [-0.4, -0.2) is 12.6 Å². The standard InChI is InChI=1S/C21H29ClN2/c1-5-13-23-17(4)20-12-11-19(14-21(20)22)24(16(2)3)15-18-9-7-6-8-10-18/h6-12,14,16-17,23H,5,13,15H2,1-4H3. The lowest BCUT2D eigenvalue weighted by molar-refractivity contribution is 0.570. The Balaban J connectivity index is 2.20. The van der Waals surface area contributed by atoms with Crippen LogP contribution in [-0.2, 0) is 6.54 Å². The average Bonchev–Trinajstić information content (AvgIpc) is 2.58. The summed E-state index contributed by atoms with van der Waals surface area (Å²) in [5.74, 6) is 0. The number of benzene rings is 2. The number of nitrogens with zero attached hydrogens (tertiary/aromatic N) is 1. The van der Waals surface area contributed by atoms with Crippen LogP contribution in [0.15, 0.2) is 48.5 Å². The molecular formula is C21H29ClN2. The summed E-state index contributed by atoms with van der Waals surface area (Å²) in [5, 5.41) is 4.34. The van der Waals surface area contributed by atoms with E-state index in [4.69, 9.17) is 11.6 Å². The maximum atomic E-state index is 6.59. The molecule has 0 amide bonds. The molecule has 2 rings (SSSR count). The molecule has 0 aliphatic heterocycles.